The van der Waals surface area contributed by atoms with Gasteiger partial charge >= 0.3 is 19.8 Å². The minimum atomic E-state index is -4.28. The molecule has 2 atom stereocenters. The molecule has 0 aromatic rings. The molecule has 0 saturated heterocycles. The SMILES string of the molecule is CCCCC/C=C\C/C=C\CCCCCCCCCC(=O)OC(COC(=O)CCCCCCCCC/C=C\CCCCCCCCC)COP(=O)(O)OCC. The van der Waals surface area contributed by atoms with E-state index in [4.69, 9.17) is 18.5 Å². The summed E-state index contributed by atoms with van der Waals surface area (Å²) < 4.78 is 32.7. The number of hydrogen-bond acceptors (Lipinski definition) is 7. The van der Waals surface area contributed by atoms with Gasteiger partial charge in [-0.2, -0.15) is 0 Å². The average Bonchev–Trinajstić information content (AvgIpc) is 3.16. The zero-order valence-corrected chi connectivity index (χ0v) is 36.7. The molecule has 0 amide bonds. The summed E-state index contributed by atoms with van der Waals surface area (Å²) in [4.78, 5) is 34.8. The van der Waals surface area contributed by atoms with E-state index in [0.717, 1.165) is 51.4 Å². The van der Waals surface area contributed by atoms with Gasteiger partial charge in [0.05, 0.1) is 13.2 Å². The van der Waals surface area contributed by atoms with Gasteiger partial charge in [-0.05, 0) is 77.6 Å². The van der Waals surface area contributed by atoms with Gasteiger partial charge in [0.15, 0.2) is 6.10 Å². The molecule has 0 fully saturated rings. The van der Waals surface area contributed by atoms with Gasteiger partial charge in [-0.15, -0.1) is 0 Å². The molecular formula is C46H85O8P. The van der Waals surface area contributed by atoms with Crippen LogP contribution in [0.1, 0.15) is 220 Å². The Hall–Kier alpha value is -1.73. The summed E-state index contributed by atoms with van der Waals surface area (Å²) in [6.45, 7) is 5.45. The van der Waals surface area contributed by atoms with Crippen LogP contribution < -0.4 is 0 Å². The highest BCUT2D eigenvalue weighted by atomic mass is 31.2. The van der Waals surface area contributed by atoms with E-state index < -0.39 is 26.5 Å². The fourth-order valence-electron chi connectivity index (χ4n) is 6.30. The van der Waals surface area contributed by atoms with Crippen molar-refractivity contribution in [3.63, 3.8) is 0 Å². The summed E-state index contributed by atoms with van der Waals surface area (Å²) in [5.74, 6) is -0.807. The maximum absolute atomic E-state index is 12.6. The lowest BCUT2D eigenvalue weighted by molar-refractivity contribution is -0.161. The molecular weight excluding hydrogens is 711 g/mol. The molecule has 0 aromatic carbocycles. The highest BCUT2D eigenvalue weighted by molar-refractivity contribution is 7.47. The number of carbonyl (C=O) groups excluding carboxylic acids is 2. The van der Waals surface area contributed by atoms with Crippen molar-refractivity contribution in [1.82, 2.24) is 0 Å². The summed E-state index contributed by atoms with van der Waals surface area (Å²) in [5.41, 5.74) is 0. The Bertz CT molecular complexity index is 994. The second-order valence-electron chi connectivity index (χ2n) is 15.1. The van der Waals surface area contributed by atoms with E-state index in [9.17, 15) is 19.0 Å². The van der Waals surface area contributed by atoms with Crippen LogP contribution in [0.25, 0.3) is 0 Å². The second kappa shape index (κ2) is 41.9. The summed E-state index contributed by atoms with van der Waals surface area (Å²) in [6, 6.07) is 0. The van der Waals surface area contributed by atoms with Gasteiger partial charge in [0.2, 0.25) is 0 Å². The highest BCUT2D eigenvalue weighted by Gasteiger charge is 2.25. The van der Waals surface area contributed by atoms with E-state index >= 15 is 0 Å². The molecule has 0 spiro atoms. The lowest BCUT2D eigenvalue weighted by Gasteiger charge is -2.19. The first-order chi connectivity index (χ1) is 26.8. The monoisotopic (exact) mass is 797 g/mol. The van der Waals surface area contributed by atoms with Crippen LogP contribution in [0.2, 0.25) is 0 Å². The number of phosphoric ester groups is 1. The van der Waals surface area contributed by atoms with Crippen molar-refractivity contribution in [2.75, 3.05) is 19.8 Å². The second-order valence-corrected chi connectivity index (χ2v) is 16.5. The van der Waals surface area contributed by atoms with Crippen LogP contribution in [0.4, 0.5) is 0 Å². The molecule has 0 aliphatic carbocycles. The average molecular weight is 797 g/mol. The summed E-state index contributed by atoms with van der Waals surface area (Å²) in [5, 5.41) is 0. The maximum atomic E-state index is 12.6. The number of allylic oxidation sites excluding steroid dienone is 6. The van der Waals surface area contributed by atoms with Crippen molar-refractivity contribution in [1.29, 1.82) is 0 Å². The predicted octanol–water partition coefficient (Wildman–Crippen LogP) is 14.4. The molecule has 0 saturated carbocycles. The number of esters is 2. The lowest BCUT2D eigenvalue weighted by atomic mass is 10.1. The van der Waals surface area contributed by atoms with Crippen LogP contribution in [0, 0.1) is 0 Å². The van der Waals surface area contributed by atoms with Crippen LogP contribution in [-0.4, -0.2) is 42.8 Å². The number of unbranched alkanes of at least 4 members (excludes halogenated alkanes) is 24. The van der Waals surface area contributed by atoms with Gasteiger partial charge in [-0.1, -0.05) is 166 Å². The minimum absolute atomic E-state index is 0.00185. The predicted molar refractivity (Wildman–Crippen MR) is 230 cm³/mol. The van der Waals surface area contributed by atoms with Gasteiger partial charge < -0.3 is 14.4 Å². The van der Waals surface area contributed by atoms with Gasteiger partial charge in [0.25, 0.3) is 0 Å². The van der Waals surface area contributed by atoms with E-state index in [1.807, 2.05) is 0 Å². The number of hydrogen-bond donors (Lipinski definition) is 1. The van der Waals surface area contributed by atoms with E-state index in [1.165, 1.54) is 128 Å². The largest absolute Gasteiger partial charge is 0.472 e. The number of carbonyl (C=O) groups is 2. The van der Waals surface area contributed by atoms with Crippen molar-refractivity contribution in [3.8, 4) is 0 Å². The van der Waals surface area contributed by atoms with E-state index in [1.54, 1.807) is 6.92 Å². The normalized spacial score (nSPS) is 13.6. The molecule has 0 aliphatic heterocycles. The Kier molecular flexibility index (Phi) is 40.6. The van der Waals surface area contributed by atoms with Crippen LogP contribution in [0.5, 0.6) is 0 Å². The molecule has 55 heavy (non-hydrogen) atoms. The van der Waals surface area contributed by atoms with Crippen molar-refractivity contribution < 1.29 is 37.6 Å². The fraction of sp³-hybridized carbons (Fsp3) is 0.826. The van der Waals surface area contributed by atoms with E-state index in [2.05, 4.69) is 50.3 Å². The van der Waals surface area contributed by atoms with Crippen LogP contribution in [0.3, 0.4) is 0 Å². The number of phosphoric acid groups is 1. The molecule has 9 heteroatoms. The Morgan fingerprint density at radius 2 is 0.873 bits per heavy atom. The Morgan fingerprint density at radius 1 is 0.491 bits per heavy atom. The third kappa shape index (κ3) is 41.7. The fourth-order valence-corrected chi connectivity index (χ4v) is 7.06. The zero-order chi connectivity index (χ0) is 40.3. The molecule has 0 aliphatic rings. The quantitative estimate of drug-likeness (QED) is 0.0281. The summed E-state index contributed by atoms with van der Waals surface area (Å²) in [7, 11) is -4.28. The minimum Gasteiger partial charge on any atom is -0.462 e. The number of ether oxygens (including phenoxy) is 2. The maximum Gasteiger partial charge on any atom is 0.472 e. The van der Waals surface area contributed by atoms with Crippen LogP contribution >= 0.6 is 7.82 Å². The lowest BCUT2D eigenvalue weighted by Crippen LogP contribution is -2.29. The Morgan fingerprint density at radius 3 is 1.35 bits per heavy atom. The molecule has 0 heterocycles. The topological polar surface area (TPSA) is 108 Å². The van der Waals surface area contributed by atoms with Gasteiger partial charge in [0, 0.05) is 12.8 Å². The van der Waals surface area contributed by atoms with E-state index in [0.29, 0.717) is 6.42 Å². The molecule has 0 rings (SSSR count). The number of rotatable bonds is 42. The third-order valence-electron chi connectivity index (χ3n) is 9.67. The van der Waals surface area contributed by atoms with Crippen LogP contribution in [0.15, 0.2) is 36.5 Å². The first kappa shape index (κ1) is 53.3. The molecule has 8 nitrogen and oxygen atoms in total. The highest BCUT2D eigenvalue weighted by Crippen LogP contribution is 2.43. The Balaban J connectivity index is 4.06. The first-order valence-electron chi connectivity index (χ1n) is 22.8. The molecule has 0 radical (unpaired) electrons. The van der Waals surface area contributed by atoms with E-state index in [-0.39, 0.29) is 32.0 Å². The van der Waals surface area contributed by atoms with Crippen molar-refractivity contribution in [2.45, 2.75) is 226 Å². The molecule has 322 valence electrons. The van der Waals surface area contributed by atoms with Crippen molar-refractivity contribution >= 4 is 19.8 Å². The summed E-state index contributed by atoms with van der Waals surface area (Å²) in [6.07, 6.45) is 47.6. The van der Waals surface area contributed by atoms with Crippen LogP contribution in [-0.2, 0) is 32.7 Å². The van der Waals surface area contributed by atoms with Crippen molar-refractivity contribution in [3.05, 3.63) is 36.5 Å². The molecule has 0 aromatic heterocycles. The third-order valence-corrected chi connectivity index (χ3v) is 10.7. The Labute approximate surface area is 338 Å². The molecule has 2 unspecified atom stereocenters. The first-order valence-corrected chi connectivity index (χ1v) is 24.3. The molecule has 0 bridgehead atoms. The van der Waals surface area contributed by atoms with Gasteiger partial charge in [0.1, 0.15) is 6.61 Å². The van der Waals surface area contributed by atoms with Gasteiger partial charge in [-0.3, -0.25) is 18.6 Å². The standard InChI is InChI=1S/C46H85O8P/c1-4-7-9-11-13-15-17-19-21-23-25-26-28-30-32-34-36-38-40-45(47)51-42-44(43-53-55(49,50)52-6-3)54-46(48)41-39-37-35-33-31-29-27-24-22-20-18-16-14-12-10-8-5-2/h14,16,20-23,44H,4-13,15,17-19,24-43H2,1-3H3,(H,49,50)/b16-14-,22-20-,23-21-. The molecule has 1 N–H and O–H groups in total. The smallest absolute Gasteiger partial charge is 0.462 e. The zero-order valence-electron chi connectivity index (χ0n) is 35.8. The van der Waals surface area contributed by atoms with Crippen molar-refractivity contribution in [2.24, 2.45) is 0 Å². The summed E-state index contributed by atoms with van der Waals surface area (Å²) >= 11 is 0. The van der Waals surface area contributed by atoms with Gasteiger partial charge in [-0.25, -0.2) is 4.57 Å².